The van der Waals surface area contributed by atoms with E-state index in [2.05, 4.69) is 5.32 Å². The zero-order valence-electron chi connectivity index (χ0n) is 26.8. The zero-order valence-corrected chi connectivity index (χ0v) is 30.0. The van der Waals surface area contributed by atoms with E-state index in [0.717, 1.165) is 27.7 Å². The van der Waals surface area contributed by atoms with E-state index in [1.54, 1.807) is 68.4 Å². The van der Waals surface area contributed by atoms with E-state index >= 15 is 0 Å². The van der Waals surface area contributed by atoms with Crippen molar-refractivity contribution in [2.24, 2.45) is 11.1 Å². The molecule has 0 saturated carbocycles. The van der Waals surface area contributed by atoms with E-state index in [1.165, 1.54) is 13.1 Å². The summed E-state index contributed by atoms with van der Waals surface area (Å²) in [6, 6.07) is 17.1. The molecular formula is C32H36ClN4O9S3+. The number of nitrogens with zero attached hydrogens (tertiary/aromatic N) is 2. The quantitative estimate of drug-likeness (QED) is 0.263. The summed E-state index contributed by atoms with van der Waals surface area (Å²) in [7, 11) is -6.99. The predicted octanol–water partition coefficient (Wildman–Crippen LogP) is 4.37. The molecule has 1 saturated heterocycles. The van der Waals surface area contributed by atoms with Gasteiger partial charge in [-0.05, 0) is 43.7 Å². The van der Waals surface area contributed by atoms with Gasteiger partial charge in [-0.1, -0.05) is 65.8 Å². The molecule has 0 spiro atoms. The molecular weight excluding hydrogens is 716 g/mol. The molecule has 17 heteroatoms. The lowest BCUT2D eigenvalue weighted by molar-refractivity contribution is -0.795. The summed E-state index contributed by atoms with van der Waals surface area (Å²) in [5.74, 6) is -0.608. The number of ether oxygens (including phenoxy) is 1. The van der Waals surface area contributed by atoms with Crippen molar-refractivity contribution in [1.82, 2.24) is 4.31 Å². The average Bonchev–Trinajstić information content (AvgIpc) is 3.38. The average molecular weight is 752 g/mol. The third-order valence-electron chi connectivity index (χ3n) is 8.89. The summed E-state index contributed by atoms with van der Waals surface area (Å²) < 4.78 is 56.8. The van der Waals surface area contributed by atoms with Crippen molar-refractivity contribution in [3.8, 4) is 5.75 Å². The summed E-state index contributed by atoms with van der Waals surface area (Å²) in [5, 5.41) is 18.2. The predicted molar refractivity (Wildman–Crippen MR) is 184 cm³/mol. The molecule has 5 rings (SSSR count). The van der Waals surface area contributed by atoms with Crippen molar-refractivity contribution in [1.29, 1.82) is 0 Å². The van der Waals surface area contributed by atoms with Crippen molar-refractivity contribution < 1.29 is 45.5 Å². The Hall–Kier alpha value is -3.51. The van der Waals surface area contributed by atoms with Gasteiger partial charge in [-0.15, -0.1) is 0 Å². The molecule has 13 nitrogen and oxygen atoms in total. The zero-order chi connectivity index (χ0) is 35.9. The number of anilines is 1. The van der Waals surface area contributed by atoms with Crippen LogP contribution >= 0.6 is 23.4 Å². The molecule has 49 heavy (non-hydrogen) atoms. The van der Waals surface area contributed by atoms with Gasteiger partial charge in [0, 0.05) is 31.2 Å². The maximum atomic E-state index is 13.6. The number of halogens is 1. The van der Waals surface area contributed by atoms with Crippen molar-refractivity contribution in [3.05, 3.63) is 82.9 Å². The smallest absolute Gasteiger partial charge is 0.484 e. The minimum absolute atomic E-state index is 0.0808. The molecule has 2 amide bonds. The molecule has 2 heterocycles. The van der Waals surface area contributed by atoms with Crippen molar-refractivity contribution in [2.45, 2.75) is 54.8 Å². The molecule has 2 aliphatic heterocycles. The van der Waals surface area contributed by atoms with Gasteiger partial charge in [0.25, 0.3) is 0 Å². The number of fused-ring (bicyclic) bond motifs is 1. The van der Waals surface area contributed by atoms with E-state index in [9.17, 15) is 36.3 Å². The number of quaternary nitrogens is 1. The molecule has 1 fully saturated rings. The van der Waals surface area contributed by atoms with Crippen LogP contribution in [0.5, 0.6) is 5.75 Å². The second-order valence-electron chi connectivity index (χ2n) is 12.2. The fourth-order valence-electron chi connectivity index (χ4n) is 6.18. The number of nitrogens with one attached hydrogen (secondary N) is 1. The summed E-state index contributed by atoms with van der Waals surface area (Å²) in [6.45, 7) is 3.26. The molecule has 0 aromatic heterocycles. The van der Waals surface area contributed by atoms with Crippen LogP contribution in [0.4, 0.5) is 10.5 Å². The fraction of sp³-hybridized carbons (Fsp3) is 0.344. The molecule has 5 atom stereocenters. The number of carboxylic acid groups (broad SMARTS) is 1. The fourth-order valence-corrected chi connectivity index (χ4v) is 9.64. The summed E-state index contributed by atoms with van der Waals surface area (Å²) >= 11 is 7.09. The second kappa shape index (κ2) is 14.0. The molecule has 0 bridgehead atoms. The first-order chi connectivity index (χ1) is 22.9. The molecule has 4 N–H and O–H groups in total. The number of hydrogen-bond donors (Lipinski definition) is 3. The van der Waals surface area contributed by atoms with E-state index in [-0.39, 0.29) is 39.4 Å². The number of sulfonamides is 2. The van der Waals surface area contributed by atoms with E-state index in [1.807, 2.05) is 0 Å². The van der Waals surface area contributed by atoms with Crippen LogP contribution in [-0.2, 0) is 31.3 Å². The highest BCUT2D eigenvalue weighted by molar-refractivity contribution is 8.14. The number of thioether (sulfide) groups is 1. The maximum absolute atomic E-state index is 13.6. The van der Waals surface area contributed by atoms with Gasteiger partial charge in [0.15, 0.2) is 6.10 Å². The first kappa shape index (κ1) is 36.8. The highest BCUT2D eigenvalue weighted by Gasteiger charge is 2.58. The number of likely N-dealkylation sites (tertiary alicyclic amines) is 1. The number of rotatable bonds is 9. The SMILES string of the molecule is CC1CC(Oc2ccc(CC3Nc4cc(Cl)c(S(N)(=O)=O)cc4S(=O)(=O)N3C)cc2)C[N@@+]1(C(=O)O)C(=O)[C@H](C)CSC(=O)c1ccccc1. The van der Waals surface area contributed by atoms with E-state index < -0.39 is 65.7 Å². The largest absolute Gasteiger partial charge is 0.521 e. The van der Waals surface area contributed by atoms with Crippen LogP contribution in [0.3, 0.4) is 0 Å². The van der Waals surface area contributed by atoms with Crippen molar-refractivity contribution >= 4 is 66.2 Å². The Morgan fingerprint density at radius 1 is 1.14 bits per heavy atom. The van der Waals surface area contributed by atoms with Crippen LogP contribution in [0.25, 0.3) is 0 Å². The molecule has 0 radical (unpaired) electrons. The summed E-state index contributed by atoms with van der Waals surface area (Å²) in [5.41, 5.74) is 1.39. The standard InChI is InChI=1S/C32H35ClN4O9S3/c1-19(18-47-31(39)22-7-5-4-6-8-22)30(38)37(32(40)41)17-24(13-20(37)2)46-23-11-9-21(10-12-23)14-29-35-26-15-25(33)27(48(34,42)43)16-28(26)49(44,45)36(29)3/h4-12,15-16,19-20,24,29,35H,13-14,17-18H2,1-3H3,(H2-,34,40,41,42,43)/p+1/t19-,20?,24?,29?,37+/m1/s1. The second-order valence-corrected chi connectivity index (χ2v) is 17.1. The van der Waals surface area contributed by atoms with Crippen LogP contribution in [0, 0.1) is 5.92 Å². The maximum Gasteiger partial charge on any atom is 0.521 e. The number of hydrogen-bond acceptors (Lipinski definition) is 10. The van der Waals surface area contributed by atoms with Crippen LogP contribution in [0.15, 0.2) is 76.5 Å². The number of likely N-dealkylation sites (N-methyl/N-ethyl adjacent to an activating group) is 1. The number of benzene rings is 3. The molecule has 262 valence electrons. The van der Waals surface area contributed by atoms with Crippen molar-refractivity contribution in [3.63, 3.8) is 0 Å². The monoisotopic (exact) mass is 751 g/mol. The van der Waals surface area contributed by atoms with Gasteiger partial charge in [0.05, 0.1) is 22.8 Å². The van der Waals surface area contributed by atoms with Gasteiger partial charge in [0.2, 0.25) is 25.2 Å². The third kappa shape index (κ3) is 7.36. The number of amides is 2. The molecule has 3 unspecified atom stereocenters. The minimum atomic E-state index is -4.26. The van der Waals surface area contributed by atoms with Crippen LogP contribution in [0.2, 0.25) is 5.02 Å². The van der Waals surface area contributed by atoms with E-state index in [4.69, 9.17) is 21.5 Å². The van der Waals surface area contributed by atoms with Crippen LogP contribution in [0.1, 0.15) is 36.2 Å². The van der Waals surface area contributed by atoms with Gasteiger partial charge in [0.1, 0.15) is 28.1 Å². The lowest BCUT2D eigenvalue weighted by Crippen LogP contribution is -2.61. The normalized spacial score (nSPS) is 24.0. The van der Waals surface area contributed by atoms with Gasteiger partial charge < -0.3 is 15.2 Å². The Kier molecular flexibility index (Phi) is 10.5. The first-order valence-corrected chi connectivity index (χ1v) is 19.5. The topological polar surface area (TPSA) is 190 Å². The molecule has 3 aromatic carbocycles. The highest BCUT2D eigenvalue weighted by Crippen LogP contribution is 2.38. The summed E-state index contributed by atoms with van der Waals surface area (Å²) in [6.07, 6.45) is -2.05. The van der Waals surface area contributed by atoms with Gasteiger partial charge in [-0.2, -0.15) is 13.6 Å². The van der Waals surface area contributed by atoms with Gasteiger partial charge in [-0.3, -0.25) is 4.79 Å². The van der Waals surface area contributed by atoms with Gasteiger partial charge >= 0.3 is 12.0 Å². The first-order valence-electron chi connectivity index (χ1n) is 15.2. The number of primary sulfonamides is 1. The Balaban J connectivity index is 1.24. The Morgan fingerprint density at radius 2 is 1.80 bits per heavy atom. The van der Waals surface area contributed by atoms with Crippen LogP contribution < -0.4 is 15.2 Å². The van der Waals surface area contributed by atoms with Gasteiger partial charge in [-0.25, -0.2) is 26.8 Å². The Bertz CT molecular complexity index is 2000. The number of nitrogens with two attached hydrogens (primary N) is 1. The van der Waals surface area contributed by atoms with Crippen molar-refractivity contribution in [2.75, 3.05) is 24.7 Å². The Morgan fingerprint density at radius 3 is 2.41 bits per heavy atom. The molecule has 2 aliphatic rings. The lowest BCUT2D eigenvalue weighted by Gasteiger charge is -2.35. The molecule has 0 aliphatic carbocycles. The highest BCUT2D eigenvalue weighted by atomic mass is 35.5. The number of imide groups is 1. The van der Waals surface area contributed by atoms with Crippen LogP contribution in [-0.4, -0.2) is 85.5 Å². The molecule has 3 aromatic rings. The number of carbonyl (C=O) groups is 3. The van der Waals surface area contributed by atoms with E-state index in [0.29, 0.717) is 17.7 Å². The summed E-state index contributed by atoms with van der Waals surface area (Å²) in [4.78, 5) is 38.1. The number of carbonyl (C=O) groups excluding carboxylic acids is 2. The Labute approximate surface area is 294 Å². The lowest BCUT2D eigenvalue weighted by atomic mass is 10.1. The minimum Gasteiger partial charge on any atom is -0.484 e. The third-order valence-corrected chi connectivity index (χ3v) is 13.3.